The maximum atomic E-state index is 15.0. The van der Waals surface area contributed by atoms with E-state index in [1.807, 2.05) is 0 Å². The van der Waals surface area contributed by atoms with Gasteiger partial charge in [-0.15, -0.1) is 11.8 Å². The standard InChI is InChI=1S/C33H40ClFN2O4S/c1-2-3-4-5-6-7-8-9-10-11-18-41-29-17-15-27(35)26(32(29)34)22-37-28-16-14-24(20-30(28)42-23-31(37)38)33(39)36-21-25-13-12-19-40-25/h12-17,19-20H,2-11,18,21-23H2,1H3,(H,36,39). The van der Waals surface area contributed by atoms with Crippen LogP contribution in [0.25, 0.3) is 0 Å². The number of carbonyl (C=O) groups is 2. The molecular weight excluding hydrogens is 575 g/mol. The van der Waals surface area contributed by atoms with Gasteiger partial charge in [0.25, 0.3) is 5.91 Å². The molecule has 226 valence electrons. The zero-order chi connectivity index (χ0) is 29.7. The van der Waals surface area contributed by atoms with Crippen LogP contribution in [-0.4, -0.2) is 24.2 Å². The molecule has 0 aliphatic carbocycles. The number of nitrogens with zero attached hydrogens (tertiary/aromatic N) is 1. The topological polar surface area (TPSA) is 71.8 Å². The second-order valence-electron chi connectivity index (χ2n) is 10.6. The van der Waals surface area contributed by atoms with Crippen molar-refractivity contribution in [2.24, 2.45) is 0 Å². The van der Waals surface area contributed by atoms with Gasteiger partial charge in [0.1, 0.15) is 17.3 Å². The van der Waals surface area contributed by atoms with Crippen LogP contribution in [0.4, 0.5) is 10.1 Å². The highest BCUT2D eigenvalue weighted by Gasteiger charge is 2.28. The van der Waals surface area contributed by atoms with E-state index in [0.29, 0.717) is 29.4 Å². The number of thioether (sulfide) groups is 1. The summed E-state index contributed by atoms with van der Waals surface area (Å²) in [5, 5.41) is 3.01. The van der Waals surface area contributed by atoms with Gasteiger partial charge in [0.2, 0.25) is 5.91 Å². The minimum Gasteiger partial charge on any atom is -0.492 e. The van der Waals surface area contributed by atoms with Crippen molar-refractivity contribution in [3.05, 3.63) is 76.5 Å². The summed E-state index contributed by atoms with van der Waals surface area (Å²) < 4.78 is 26.2. The third-order valence-electron chi connectivity index (χ3n) is 7.39. The molecule has 42 heavy (non-hydrogen) atoms. The van der Waals surface area contributed by atoms with Gasteiger partial charge >= 0.3 is 0 Å². The second-order valence-corrected chi connectivity index (χ2v) is 12.0. The highest BCUT2D eigenvalue weighted by Crippen LogP contribution is 2.39. The van der Waals surface area contributed by atoms with Crippen LogP contribution in [0.3, 0.4) is 0 Å². The van der Waals surface area contributed by atoms with Crippen LogP contribution >= 0.6 is 23.4 Å². The van der Waals surface area contributed by atoms with E-state index in [-0.39, 0.29) is 41.2 Å². The third kappa shape index (κ3) is 9.01. The van der Waals surface area contributed by atoms with Gasteiger partial charge in [-0.2, -0.15) is 0 Å². The Balaban J connectivity index is 1.32. The maximum absolute atomic E-state index is 15.0. The molecule has 0 radical (unpaired) electrons. The summed E-state index contributed by atoms with van der Waals surface area (Å²) in [5.74, 6) is 0.355. The van der Waals surface area contributed by atoms with E-state index in [4.69, 9.17) is 20.8 Å². The molecule has 6 nitrogen and oxygen atoms in total. The van der Waals surface area contributed by atoms with Crippen LogP contribution in [0.1, 0.15) is 92.8 Å². The molecule has 1 aromatic heterocycles. The smallest absolute Gasteiger partial charge is 0.251 e. The first kappa shape index (κ1) is 32.0. The average Bonchev–Trinajstić information content (AvgIpc) is 3.52. The Kier molecular flexibility index (Phi) is 12.6. The fourth-order valence-corrected chi connectivity index (χ4v) is 6.20. The number of carbonyl (C=O) groups excluding carboxylic acids is 2. The van der Waals surface area contributed by atoms with Crippen molar-refractivity contribution in [1.29, 1.82) is 0 Å². The van der Waals surface area contributed by atoms with E-state index in [1.165, 1.54) is 74.1 Å². The van der Waals surface area contributed by atoms with Crippen molar-refractivity contribution in [2.75, 3.05) is 17.3 Å². The van der Waals surface area contributed by atoms with Crippen molar-refractivity contribution in [1.82, 2.24) is 5.32 Å². The average molecular weight is 615 g/mol. The van der Waals surface area contributed by atoms with Crippen molar-refractivity contribution < 1.29 is 23.1 Å². The van der Waals surface area contributed by atoms with Crippen LogP contribution in [0.2, 0.25) is 5.02 Å². The number of unbranched alkanes of at least 4 members (excludes halogenated alkanes) is 9. The van der Waals surface area contributed by atoms with Gasteiger partial charge in [-0.25, -0.2) is 4.39 Å². The molecule has 1 aliphatic rings. The molecule has 0 saturated carbocycles. The van der Waals surface area contributed by atoms with E-state index in [0.717, 1.165) is 17.7 Å². The lowest BCUT2D eigenvalue weighted by Crippen LogP contribution is -2.35. The molecule has 1 N–H and O–H groups in total. The van der Waals surface area contributed by atoms with Crippen LogP contribution in [0.5, 0.6) is 5.75 Å². The van der Waals surface area contributed by atoms with Gasteiger partial charge in [0, 0.05) is 16.0 Å². The molecule has 3 aromatic rings. The van der Waals surface area contributed by atoms with Gasteiger partial charge in [0.15, 0.2) is 0 Å². The predicted molar refractivity (Wildman–Crippen MR) is 167 cm³/mol. The first-order chi connectivity index (χ1) is 20.5. The highest BCUT2D eigenvalue weighted by molar-refractivity contribution is 8.00. The molecule has 0 unspecified atom stereocenters. The van der Waals surface area contributed by atoms with Crippen molar-refractivity contribution >= 4 is 40.9 Å². The first-order valence-corrected chi connectivity index (χ1v) is 16.3. The Morgan fingerprint density at radius 1 is 1.05 bits per heavy atom. The molecule has 0 bridgehead atoms. The molecular formula is C33H40ClFN2O4S. The Morgan fingerprint density at radius 3 is 2.50 bits per heavy atom. The molecule has 2 aromatic carbocycles. The molecule has 2 heterocycles. The first-order valence-electron chi connectivity index (χ1n) is 15.0. The third-order valence-corrected chi connectivity index (χ3v) is 8.83. The van der Waals surface area contributed by atoms with Crippen molar-refractivity contribution in [3.8, 4) is 5.75 Å². The van der Waals surface area contributed by atoms with Crippen LogP contribution in [-0.2, 0) is 17.9 Å². The van der Waals surface area contributed by atoms with Crippen LogP contribution < -0.4 is 15.0 Å². The second kappa shape index (κ2) is 16.6. The number of benzene rings is 2. The molecule has 0 atom stereocenters. The number of ether oxygens (including phenoxy) is 1. The Morgan fingerprint density at radius 2 is 1.79 bits per heavy atom. The number of fused-ring (bicyclic) bond motifs is 1. The van der Waals surface area contributed by atoms with E-state index in [1.54, 1.807) is 42.7 Å². The Labute approximate surface area is 257 Å². The number of nitrogens with one attached hydrogen (secondary N) is 1. The number of hydrogen-bond donors (Lipinski definition) is 1. The lowest BCUT2D eigenvalue weighted by Gasteiger charge is -2.30. The van der Waals surface area contributed by atoms with Gasteiger partial charge in [-0.05, 0) is 48.9 Å². The summed E-state index contributed by atoms with van der Waals surface area (Å²) in [5.41, 5.74) is 1.29. The van der Waals surface area contributed by atoms with E-state index < -0.39 is 5.82 Å². The van der Waals surface area contributed by atoms with Crippen molar-refractivity contribution in [2.45, 2.75) is 89.1 Å². The normalized spacial score (nSPS) is 12.8. The predicted octanol–water partition coefficient (Wildman–Crippen LogP) is 8.94. The fourth-order valence-electron chi connectivity index (χ4n) is 4.96. The zero-order valence-electron chi connectivity index (χ0n) is 24.3. The number of furan rings is 1. The Bertz CT molecular complexity index is 1320. The number of anilines is 1. The summed E-state index contributed by atoms with van der Waals surface area (Å²) in [6.07, 6.45) is 13.9. The van der Waals surface area contributed by atoms with Crippen LogP contribution in [0, 0.1) is 5.82 Å². The summed E-state index contributed by atoms with van der Waals surface area (Å²) >= 11 is 7.97. The molecule has 4 rings (SSSR count). The van der Waals surface area contributed by atoms with Crippen LogP contribution in [0.15, 0.2) is 58.0 Å². The lowest BCUT2D eigenvalue weighted by atomic mass is 10.1. The zero-order valence-corrected chi connectivity index (χ0v) is 25.8. The molecule has 0 spiro atoms. The van der Waals surface area contributed by atoms with Crippen molar-refractivity contribution in [3.63, 3.8) is 0 Å². The Hall–Kier alpha value is -2.97. The number of rotatable bonds is 17. The number of amides is 2. The number of halogens is 2. The summed E-state index contributed by atoms with van der Waals surface area (Å²) in [7, 11) is 0. The number of hydrogen-bond acceptors (Lipinski definition) is 5. The lowest BCUT2D eigenvalue weighted by molar-refractivity contribution is -0.116. The summed E-state index contributed by atoms with van der Waals surface area (Å²) in [6.45, 7) is 2.99. The minimum absolute atomic E-state index is 0.0312. The monoisotopic (exact) mass is 614 g/mol. The van der Waals surface area contributed by atoms with E-state index in [9.17, 15) is 14.0 Å². The van der Waals surface area contributed by atoms with Gasteiger partial charge in [0.05, 0.1) is 42.4 Å². The summed E-state index contributed by atoms with van der Waals surface area (Å²) in [6, 6.07) is 11.6. The summed E-state index contributed by atoms with van der Waals surface area (Å²) in [4.78, 5) is 27.9. The molecule has 0 fully saturated rings. The SMILES string of the molecule is CCCCCCCCCCCCOc1ccc(F)c(CN2C(=O)CSc3cc(C(=O)NCc4ccco4)ccc32)c1Cl. The van der Waals surface area contributed by atoms with Gasteiger partial charge < -0.3 is 19.4 Å². The van der Waals surface area contributed by atoms with E-state index >= 15 is 0 Å². The quantitative estimate of drug-likeness (QED) is 0.154. The van der Waals surface area contributed by atoms with Gasteiger partial charge in [-0.1, -0.05) is 76.3 Å². The van der Waals surface area contributed by atoms with E-state index in [2.05, 4.69) is 12.2 Å². The largest absolute Gasteiger partial charge is 0.492 e. The molecule has 0 saturated heterocycles. The maximum Gasteiger partial charge on any atom is 0.251 e. The molecule has 9 heteroatoms. The molecule has 2 amide bonds. The molecule has 1 aliphatic heterocycles. The fraction of sp³-hybridized carbons (Fsp3) is 0.455. The minimum atomic E-state index is -0.493. The van der Waals surface area contributed by atoms with Gasteiger partial charge in [-0.3, -0.25) is 9.59 Å². The highest BCUT2D eigenvalue weighted by atomic mass is 35.5.